The molecule has 0 bridgehead atoms. The molecule has 2 aliphatic carbocycles. The Morgan fingerprint density at radius 2 is 2.21 bits per heavy atom. The van der Waals surface area contributed by atoms with Crippen molar-refractivity contribution in [2.24, 2.45) is 23.2 Å². The number of Topliss-reactive ketones (excluding diaryl/α,β-unsaturated/α-hetero) is 1. The van der Waals surface area contributed by atoms with E-state index < -0.39 is 11.0 Å². The number of nitriles is 1. The minimum atomic E-state index is -1.06. The second-order valence-corrected chi connectivity index (χ2v) is 6.69. The van der Waals surface area contributed by atoms with Crippen LogP contribution in [0.15, 0.2) is 12.2 Å². The molecule has 104 valence electrons. The van der Waals surface area contributed by atoms with E-state index in [1.54, 1.807) is 0 Å². The third-order valence-corrected chi connectivity index (χ3v) is 5.78. The van der Waals surface area contributed by atoms with E-state index in [1.807, 2.05) is 20.8 Å². The van der Waals surface area contributed by atoms with E-state index >= 15 is 0 Å². The van der Waals surface area contributed by atoms with Crippen molar-refractivity contribution in [2.45, 2.75) is 52.1 Å². The number of aliphatic hydroxyl groups is 1. The topological polar surface area (TPSA) is 61.1 Å². The first-order valence-electron chi connectivity index (χ1n) is 7.06. The van der Waals surface area contributed by atoms with Crippen LogP contribution in [-0.2, 0) is 4.79 Å². The molecule has 0 radical (unpaired) electrons. The highest BCUT2D eigenvalue weighted by Gasteiger charge is 2.62. The molecule has 0 aromatic rings. The molecule has 0 unspecified atom stereocenters. The van der Waals surface area contributed by atoms with Gasteiger partial charge in [0, 0.05) is 17.8 Å². The molecule has 3 nitrogen and oxygen atoms in total. The molecular weight excluding hydrogens is 238 g/mol. The summed E-state index contributed by atoms with van der Waals surface area (Å²) in [7, 11) is 0. The maximum Gasteiger partial charge on any atom is 0.138 e. The number of fused-ring (bicyclic) bond motifs is 1. The lowest BCUT2D eigenvalue weighted by atomic mass is 9.48. The molecular formula is C16H23NO2. The van der Waals surface area contributed by atoms with Gasteiger partial charge in [0.1, 0.15) is 5.78 Å². The highest BCUT2D eigenvalue weighted by atomic mass is 16.3. The van der Waals surface area contributed by atoms with Crippen molar-refractivity contribution in [3.63, 3.8) is 0 Å². The first kappa shape index (κ1) is 14.3. The predicted octanol–water partition coefficient (Wildman–Crippen LogP) is 2.85. The van der Waals surface area contributed by atoms with Gasteiger partial charge in [0.25, 0.3) is 0 Å². The van der Waals surface area contributed by atoms with Crippen molar-refractivity contribution < 1.29 is 9.90 Å². The van der Waals surface area contributed by atoms with Gasteiger partial charge in [-0.05, 0) is 32.1 Å². The first-order valence-corrected chi connectivity index (χ1v) is 7.06. The fourth-order valence-electron chi connectivity index (χ4n) is 4.04. The maximum atomic E-state index is 12.0. The Hall–Kier alpha value is -1.14. The maximum absolute atomic E-state index is 12.0. The molecule has 2 aliphatic rings. The summed E-state index contributed by atoms with van der Waals surface area (Å²) in [5, 5.41) is 20.7. The lowest BCUT2D eigenvalue weighted by Gasteiger charge is -2.58. The van der Waals surface area contributed by atoms with Crippen LogP contribution >= 0.6 is 0 Å². The Labute approximate surface area is 115 Å². The third-order valence-electron chi connectivity index (χ3n) is 5.78. The van der Waals surface area contributed by atoms with Gasteiger partial charge in [0.2, 0.25) is 0 Å². The summed E-state index contributed by atoms with van der Waals surface area (Å²) in [6.45, 7) is 9.72. The molecule has 0 saturated heterocycles. The van der Waals surface area contributed by atoms with Crippen molar-refractivity contribution in [1.29, 1.82) is 5.26 Å². The highest BCUT2D eigenvalue weighted by Crippen LogP contribution is 2.58. The number of allylic oxidation sites excluding steroid dienone is 1. The van der Waals surface area contributed by atoms with Crippen molar-refractivity contribution in [2.75, 3.05) is 0 Å². The van der Waals surface area contributed by atoms with Gasteiger partial charge in [-0.25, -0.2) is 0 Å². The quantitative estimate of drug-likeness (QED) is 0.738. The molecule has 0 aliphatic heterocycles. The van der Waals surface area contributed by atoms with E-state index in [2.05, 4.69) is 12.6 Å². The minimum Gasteiger partial charge on any atom is -0.389 e. The molecule has 2 rings (SSSR count). The zero-order chi connectivity index (χ0) is 14.4. The van der Waals surface area contributed by atoms with Crippen molar-refractivity contribution in [1.82, 2.24) is 0 Å². The fraction of sp³-hybridized carbons (Fsp3) is 0.750. The fourth-order valence-corrected chi connectivity index (χ4v) is 4.04. The first-order chi connectivity index (χ1) is 8.76. The molecule has 0 amide bonds. The molecule has 5 atom stereocenters. The molecule has 3 heteroatoms. The van der Waals surface area contributed by atoms with Gasteiger partial charge in [-0.1, -0.05) is 26.0 Å². The van der Waals surface area contributed by atoms with Gasteiger partial charge in [-0.2, -0.15) is 5.26 Å². The monoisotopic (exact) mass is 261 g/mol. The second kappa shape index (κ2) is 4.45. The predicted molar refractivity (Wildman–Crippen MR) is 73.1 cm³/mol. The van der Waals surface area contributed by atoms with Crippen molar-refractivity contribution in [3.8, 4) is 6.07 Å². The van der Waals surface area contributed by atoms with Crippen LogP contribution in [0, 0.1) is 34.5 Å². The molecule has 0 aromatic carbocycles. The minimum absolute atomic E-state index is 0.124. The van der Waals surface area contributed by atoms with Gasteiger partial charge in [-0.3, -0.25) is 4.79 Å². The SMILES string of the molecule is C=C(C)[C@H]1C[C@H](C#N)[C@@]2(C)CCC(=O)[C@@H](C)[C@@]2(O)C1. The van der Waals surface area contributed by atoms with E-state index in [0.717, 1.165) is 12.0 Å². The normalized spacial score (nSPS) is 46.3. The van der Waals surface area contributed by atoms with Gasteiger partial charge in [-0.15, -0.1) is 0 Å². The number of nitrogens with zero attached hydrogens (tertiary/aromatic N) is 1. The van der Waals surface area contributed by atoms with E-state index in [4.69, 9.17) is 0 Å². The number of carbonyl (C=O) groups is 1. The van der Waals surface area contributed by atoms with Gasteiger partial charge in [0.15, 0.2) is 0 Å². The van der Waals surface area contributed by atoms with Crippen LogP contribution in [0.4, 0.5) is 0 Å². The second-order valence-electron chi connectivity index (χ2n) is 6.69. The zero-order valence-corrected chi connectivity index (χ0v) is 12.1. The van der Waals surface area contributed by atoms with Gasteiger partial charge >= 0.3 is 0 Å². The summed E-state index contributed by atoms with van der Waals surface area (Å²) in [4.78, 5) is 12.0. The van der Waals surface area contributed by atoms with Crippen LogP contribution < -0.4 is 0 Å². The van der Waals surface area contributed by atoms with Crippen LogP contribution in [0.2, 0.25) is 0 Å². The van der Waals surface area contributed by atoms with Gasteiger partial charge < -0.3 is 5.11 Å². The number of ketones is 1. The average molecular weight is 261 g/mol. The Morgan fingerprint density at radius 1 is 1.58 bits per heavy atom. The number of hydrogen-bond donors (Lipinski definition) is 1. The molecule has 0 spiro atoms. The number of rotatable bonds is 1. The molecule has 1 N–H and O–H groups in total. The Balaban J connectivity index is 2.47. The third kappa shape index (κ3) is 1.85. The van der Waals surface area contributed by atoms with Crippen LogP contribution in [0.3, 0.4) is 0 Å². The molecule has 0 aromatic heterocycles. The van der Waals surface area contributed by atoms with Crippen molar-refractivity contribution >= 4 is 5.78 Å². The summed E-state index contributed by atoms with van der Waals surface area (Å²) in [6.07, 6.45) is 2.42. The largest absolute Gasteiger partial charge is 0.389 e. The molecule has 19 heavy (non-hydrogen) atoms. The lowest BCUT2D eigenvalue weighted by molar-refractivity contribution is -0.191. The smallest absolute Gasteiger partial charge is 0.138 e. The summed E-state index contributed by atoms with van der Waals surface area (Å²) in [6, 6.07) is 2.38. The molecule has 0 heterocycles. The van der Waals surface area contributed by atoms with Crippen LogP contribution in [-0.4, -0.2) is 16.5 Å². The summed E-state index contributed by atoms with van der Waals surface area (Å²) in [5.74, 6) is -0.331. The summed E-state index contributed by atoms with van der Waals surface area (Å²) in [5.41, 5.74) is -0.535. The van der Waals surface area contributed by atoms with Crippen LogP contribution in [0.25, 0.3) is 0 Å². The molecule has 2 saturated carbocycles. The standard InChI is InChI=1S/C16H23NO2/c1-10(2)12-7-13(9-17)15(4)6-5-14(18)11(3)16(15,19)8-12/h11-13,19H,1,5-8H2,2-4H3/t11-,12+,13-,15-,16+/m1/s1. The van der Waals surface area contributed by atoms with Crippen LogP contribution in [0.1, 0.15) is 46.5 Å². The highest BCUT2D eigenvalue weighted by molar-refractivity contribution is 5.83. The lowest BCUT2D eigenvalue weighted by Crippen LogP contribution is -2.63. The number of carbonyl (C=O) groups excluding carboxylic acids is 1. The van der Waals surface area contributed by atoms with Crippen molar-refractivity contribution in [3.05, 3.63) is 12.2 Å². The summed E-state index contributed by atoms with van der Waals surface area (Å²) < 4.78 is 0. The van der Waals surface area contributed by atoms with E-state index in [9.17, 15) is 15.2 Å². The van der Waals surface area contributed by atoms with E-state index in [-0.39, 0.29) is 23.5 Å². The average Bonchev–Trinajstić information content (AvgIpc) is 2.36. The molecule has 2 fully saturated rings. The van der Waals surface area contributed by atoms with E-state index in [0.29, 0.717) is 19.3 Å². The Bertz CT molecular complexity index is 464. The Morgan fingerprint density at radius 3 is 2.74 bits per heavy atom. The summed E-state index contributed by atoms with van der Waals surface area (Å²) >= 11 is 0. The van der Waals surface area contributed by atoms with Gasteiger partial charge in [0.05, 0.1) is 17.6 Å². The zero-order valence-electron chi connectivity index (χ0n) is 12.1. The number of hydrogen-bond acceptors (Lipinski definition) is 3. The van der Waals surface area contributed by atoms with Crippen LogP contribution in [0.5, 0.6) is 0 Å². The van der Waals surface area contributed by atoms with E-state index in [1.165, 1.54) is 0 Å². The Kier molecular flexibility index (Phi) is 3.35.